The van der Waals surface area contributed by atoms with Gasteiger partial charge in [-0.2, -0.15) is 9.90 Å². The van der Waals surface area contributed by atoms with Crippen molar-refractivity contribution in [1.29, 1.82) is 0 Å². The summed E-state index contributed by atoms with van der Waals surface area (Å²) < 4.78 is 8.30. The zero-order chi connectivity index (χ0) is 14.7. The van der Waals surface area contributed by atoms with Crippen LogP contribution in [0.15, 0.2) is 39.9 Å². The van der Waals surface area contributed by atoms with Gasteiger partial charge in [0.25, 0.3) is 0 Å². The Morgan fingerprint density at radius 1 is 1.23 bits per heavy atom. The van der Waals surface area contributed by atoms with E-state index in [9.17, 15) is 0 Å². The Balaban J connectivity index is 1.28. The molecule has 2 aliphatic rings. The van der Waals surface area contributed by atoms with Gasteiger partial charge in [-0.3, -0.25) is 0 Å². The number of hydrogen-bond acceptors (Lipinski definition) is 6. The third kappa shape index (κ3) is 1.96. The van der Waals surface area contributed by atoms with Crippen LogP contribution in [0.4, 0.5) is 0 Å². The molecule has 0 spiro atoms. The van der Waals surface area contributed by atoms with E-state index >= 15 is 0 Å². The summed E-state index contributed by atoms with van der Waals surface area (Å²) in [4.78, 5) is 6.25. The van der Waals surface area contributed by atoms with E-state index in [1.54, 1.807) is 16.7 Å². The summed E-state index contributed by atoms with van der Waals surface area (Å²) in [6.45, 7) is 2.13. The van der Waals surface area contributed by atoms with E-state index in [1.807, 2.05) is 37.5 Å². The molecular formula is C15H15N5OS. The van der Waals surface area contributed by atoms with Crippen molar-refractivity contribution in [2.24, 2.45) is 18.9 Å². The van der Waals surface area contributed by atoms with Crippen molar-refractivity contribution in [3.05, 3.63) is 36.4 Å². The Bertz CT molecular complexity index is 798. The topological polar surface area (TPSA) is 60.0 Å². The zero-order valence-electron chi connectivity index (χ0n) is 12.1. The van der Waals surface area contributed by atoms with Crippen LogP contribution < -0.4 is 0 Å². The van der Waals surface area contributed by atoms with E-state index in [0.717, 1.165) is 35.1 Å². The lowest BCUT2D eigenvalue weighted by atomic mass is 10.3. The fourth-order valence-electron chi connectivity index (χ4n) is 3.46. The van der Waals surface area contributed by atoms with E-state index < -0.39 is 0 Å². The second-order valence-electron chi connectivity index (χ2n) is 5.98. The number of rotatable bonds is 3. The van der Waals surface area contributed by atoms with E-state index in [1.165, 1.54) is 0 Å². The van der Waals surface area contributed by atoms with Gasteiger partial charge in [0.15, 0.2) is 16.5 Å². The average molecular weight is 313 g/mol. The first-order valence-corrected chi connectivity index (χ1v) is 8.20. The Morgan fingerprint density at radius 2 is 2.05 bits per heavy atom. The normalized spacial score (nSPS) is 27.4. The summed E-state index contributed by atoms with van der Waals surface area (Å²) in [5.74, 6) is 2.74. The molecule has 7 heteroatoms. The SMILES string of the molecule is Cn1ncc(SN2CC3C(C2)C3c2nc3ccccc3o2)n1. The second kappa shape index (κ2) is 4.57. The van der Waals surface area contributed by atoms with Crippen LogP contribution >= 0.6 is 11.9 Å². The Morgan fingerprint density at radius 3 is 2.77 bits per heavy atom. The summed E-state index contributed by atoms with van der Waals surface area (Å²) in [7, 11) is 1.84. The third-order valence-corrected chi connectivity index (χ3v) is 5.49. The van der Waals surface area contributed by atoms with Crippen molar-refractivity contribution in [2.45, 2.75) is 10.9 Å². The van der Waals surface area contributed by atoms with Crippen LogP contribution in [0.5, 0.6) is 0 Å². The first-order chi connectivity index (χ1) is 10.8. The van der Waals surface area contributed by atoms with Crippen molar-refractivity contribution in [3.8, 4) is 0 Å². The maximum absolute atomic E-state index is 5.92. The molecule has 0 N–H and O–H groups in total. The first-order valence-electron chi connectivity index (χ1n) is 7.42. The van der Waals surface area contributed by atoms with Gasteiger partial charge in [0.05, 0.1) is 6.20 Å². The Kier molecular flexibility index (Phi) is 2.63. The molecule has 0 amide bonds. The molecule has 22 heavy (non-hydrogen) atoms. The van der Waals surface area contributed by atoms with Crippen molar-refractivity contribution in [1.82, 2.24) is 24.3 Å². The van der Waals surface area contributed by atoms with Gasteiger partial charge in [-0.1, -0.05) is 12.1 Å². The van der Waals surface area contributed by atoms with Crippen LogP contribution in [0.1, 0.15) is 11.8 Å². The number of nitrogens with zero attached hydrogens (tertiary/aromatic N) is 5. The first kappa shape index (κ1) is 12.7. The monoisotopic (exact) mass is 313 g/mol. The molecule has 1 saturated heterocycles. The lowest BCUT2D eigenvalue weighted by Gasteiger charge is -2.15. The molecule has 2 fully saturated rings. The van der Waals surface area contributed by atoms with Crippen molar-refractivity contribution in [3.63, 3.8) is 0 Å². The second-order valence-corrected chi connectivity index (χ2v) is 7.10. The van der Waals surface area contributed by atoms with Gasteiger partial charge in [0.1, 0.15) is 5.52 Å². The van der Waals surface area contributed by atoms with E-state index in [-0.39, 0.29) is 0 Å². The molecule has 5 rings (SSSR count). The molecular weight excluding hydrogens is 298 g/mol. The smallest absolute Gasteiger partial charge is 0.199 e. The van der Waals surface area contributed by atoms with Gasteiger partial charge < -0.3 is 4.42 Å². The molecule has 1 saturated carbocycles. The largest absolute Gasteiger partial charge is 0.440 e. The summed E-state index contributed by atoms with van der Waals surface area (Å²) in [6, 6.07) is 7.99. The van der Waals surface area contributed by atoms with Crippen molar-refractivity contribution < 1.29 is 4.42 Å². The molecule has 0 bridgehead atoms. The Labute approximate surface area is 131 Å². The summed E-state index contributed by atoms with van der Waals surface area (Å²) in [5, 5.41) is 9.39. The Hall–Kier alpha value is -1.86. The minimum absolute atomic E-state index is 0.492. The molecule has 1 aliphatic heterocycles. The molecule has 2 unspecified atom stereocenters. The van der Waals surface area contributed by atoms with Gasteiger partial charge in [-0.25, -0.2) is 9.29 Å². The summed E-state index contributed by atoms with van der Waals surface area (Å²) >= 11 is 1.70. The number of para-hydroxylation sites is 2. The minimum atomic E-state index is 0.492. The maximum Gasteiger partial charge on any atom is 0.199 e. The lowest BCUT2D eigenvalue weighted by molar-refractivity contribution is 0.448. The van der Waals surface area contributed by atoms with Crippen LogP contribution in [0, 0.1) is 11.8 Å². The number of oxazole rings is 1. The van der Waals surface area contributed by atoms with Crippen LogP contribution in [0.2, 0.25) is 0 Å². The number of benzene rings is 1. The zero-order valence-corrected chi connectivity index (χ0v) is 12.9. The van der Waals surface area contributed by atoms with Gasteiger partial charge in [0, 0.05) is 26.1 Å². The molecule has 1 aliphatic carbocycles. The van der Waals surface area contributed by atoms with Crippen LogP contribution in [0.3, 0.4) is 0 Å². The molecule has 3 aromatic rings. The van der Waals surface area contributed by atoms with Gasteiger partial charge >= 0.3 is 0 Å². The van der Waals surface area contributed by atoms with Crippen molar-refractivity contribution >= 4 is 23.0 Å². The molecule has 0 radical (unpaired) electrons. The quantitative estimate of drug-likeness (QED) is 0.692. The van der Waals surface area contributed by atoms with Crippen molar-refractivity contribution in [2.75, 3.05) is 13.1 Å². The number of aryl methyl sites for hydroxylation is 1. The van der Waals surface area contributed by atoms with Crippen LogP contribution in [0.25, 0.3) is 11.1 Å². The van der Waals surface area contributed by atoms with Gasteiger partial charge in [-0.15, -0.1) is 5.10 Å². The number of fused-ring (bicyclic) bond motifs is 2. The highest BCUT2D eigenvalue weighted by Crippen LogP contribution is 2.59. The highest BCUT2D eigenvalue weighted by molar-refractivity contribution is 7.97. The molecule has 6 nitrogen and oxygen atoms in total. The highest BCUT2D eigenvalue weighted by atomic mass is 32.2. The molecule has 2 aromatic heterocycles. The predicted molar refractivity (Wildman–Crippen MR) is 82.2 cm³/mol. The predicted octanol–water partition coefficient (Wildman–Crippen LogP) is 2.31. The molecule has 3 heterocycles. The standard InChI is InChI=1S/C15H15N5OS/c1-19-16-6-13(18-19)22-20-7-9-10(8-20)14(9)15-17-11-4-2-3-5-12(11)21-15/h2-6,9-10,14H,7-8H2,1H3. The molecule has 112 valence electrons. The van der Waals surface area contributed by atoms with E-state index in [2.05, 4.69) is 19.5 Å². The summed E-state index contributed by atoms with van der Waals surface area (Å²) in [5.41, 5.74) is 1.86. The fraction of sp³-hybridized carbons (Fsp3) is 0.400. The maximum atomic E-state index is 5.92. The molecule has 2 atom stereocenters. The number of piperidine rings is 1. The third-order valence-electron chi connectivity index (χ3n) is 4.56. The van der Waals surface area contributed by atoms with Crippen LogP contribution in [-0.2, 0) is 7.05 Å². The number of hydrogen-bond donors (Lipinski definition) is 0. The van der Waals surface area contributed by atoms with Gasteiger partial charge in [0.2, 0.25) is 0 Å². The van der Waals surface area contributed by atoms with E-state index in [0.29, 0.717) is 17.8 Å². The minimum Gasteiger partial charge on any atom is -0.440 e. The van der Waals surface area contributed by atoms with E-state index in [4.69, 9.17) is 4.42 Å². The van der Waals surface area contributed by atoms with Gasteiger partial charge in [-0.05, 0) is 35.9 Å². The average Bonchev–Trinajstić information content (AvgIpc) is 2.95. The number of aromatic nitrogens is 4. The fourth-order valence-corrected chi connectivity index (χ4v) is 4.47. The van der Waals surface area contributed by atoms with Crippen LogP contribution in [-0.4, -0.2) is 37.4 Å². The summed E-state index contributed by atoms with van der Waals surface area (Å²) in [6.07, 6.45) is 1.81. The lowest BCUT2D eigenvalue weighted by Crippen LogP contribution is -2.16. The molecule has 1 aromatic carbocycles. The highest BCUT2D eigenvalue weighted by Gasteiger charge is 2.59.